The molecule has 106 valence electrons. The molecule has 1 aromatic carbocycles. The summed E-state index contributed by atoms with van der Waals surface area (Å²) in [4.78, 5) is 0. The van der Waals surface area contributed by atoms with Gasteiger partial charge in [0.2, 0.25) is 0 Å². The van der Waals surface area contributed by atoms with Crippen LogP contribution >= 0.6 is 0 Å². The Balaban J connectivity index is 2.01. The molecule has 1 aliphatic rings. The number of benzene rings is 1. The molecule has 0 saturated carbocycles. The maximum absolute atomic E-state index is 13.6. The zero-order chi connectivity index (χ0) is 14.0. The SMILES string of the molecule is CC(NC1CCS(=O)(=O)CC1)c1cc(F)ccc1F. The Morgan fingerprint density at radius 2 is 1.89 bits per heavy atom. The van der Waals surface area contributed by atoms with Crippen LogP contribution in [0.1, 0.15) is 31.4 Å². The molecule has 0 bridgehead atoms. The Morgan fingerprint density at radius 1 is 1.26 bits per heavy atom. The molecule has 1 aromatic rings. The van der Waals surface area contributed by atoms with Crippen LogP contribution in [0.5, 0.6) is 0 Å². The molecule has 19 heavy (non-hydrogen) atoms. The van der Waals surface area contributed by atoms with Gasteiger partial charge in [0.25, 0.3) is 0 Å². The molecular formula is C13H17F2NO2S. The minimum Gasteiger partial charge on any atom is -0.307 e. The highest BCUT2D eigenvalue weighted by Crippen LogP contribution is 2.21. The summed E-state index contributed by atoms with van der Waals surface area (Å²) >= 11 is 0. The molecule has 3 nitrogen and oxygen atoms in total. The Hall–Kier alpha value is -1.01. The van der Waals surface area contributed by atoms with Crippen LogP contribution in [0.25, 0.3) is 0 Å². The average molecular weight is 289 g/mol. The summed E-state index contributed by atoms with van der Waals surface area (Å²) in [6, 6.07) is 3.04. The van der Waals surface area contributed by atoms with E-state index in [-0.39, 0.29) is 29.2 Å². The molecule has 0 amide bonds. The highest BCUT2D eigenvalue weighted by molar-refractivity contribution is 7.91. The van der Waals surface area contributed by atoms with Gasteiger partial charge in [0, 0.05) is 17.6 Å². The van der Waals surface area contributed by atoms with E-state index in [1.807, 2.05) is 0 Å². The third-order valence-corrected chi connectivity index (χ3v) is 5.18. The summed E-state index contributed by atoms with van der Waals surface area (Å²) in [7, 11) is -2.91. The van der Waals surface area contributed by atoms with Crippen LogP contribution in [0.15, 0.2) is 18.2 Å². The van der Waals surface area contributed by atoms with Crippen molar-refractivity contribution in [2.75, 3.05) is 11.5 Å². The molecule has 2 rings (SSSR count). The van der Waals surface area contributed by atoms with E-state index in [0.717, 1.165) is 12.1 Å². The second kappa shape index (κ2) is 5.54. The van der Waals surface area contributed by atoms with E-state index in [4.69, 9.17) is 0 Å². The fourth-order valence-corrected chi connectivity index (χ4v) is 3.84. The van der Waals surface area contributed by atoms with Gasteiger partial charge in [-0.3, -0.25) is 0 Å². The Bertz CT molecular complexity index is 546. The van der Waals surface area contributed by atoms with E-state index in [2.05, 4.69) is 5.32 Å². The molecule has 6 heteroatoms. The van der Waals surface area contributed by atoms with Crippen molar-refractivity contribution < 1.29 is 17.2 Å². The quantitative estimate of drug-likeness (QED) is 0.928. The summed E-state index contributed by atoms with van der Waals surface area (Å²) in [6.45, 7) is 1.75. The highest BCUT2D eigenvalue weighted by atomic mass is 32.2. The van der Waals surface area contributed by atoms with E-state index in [0.29, 0.717) is 12.8 Å². The van der Waals surface area contributed by atoms with Crippen LogP contribution in [-0.2, 0) is 9.84 Å². The molecule has 1 atom stereocenters. The first kappa shape index (κ1) is 14.4. The van der Waals surface area contributed by atoms with Crippen molar-refractivity contribution in [2.45, 2.75) is 31.8 Å². The van der Waals surface area contributed by atoms with E-state index in [9.17, 15) is 17.2 Å². The van der Waals surface area contributed by atoms with Gasteiger partial charge in [-0.15, -0.1) is 0 Å². The smallest absolute Gasteiger partial charge is 0.150 e. The third-order valence-electron chi connectivity index (χ3n) is 3.46. The molecule has 1 N–H and O–H groups in total. The van der Waals surface area contributed by atoms with Crippen LogP contribution in [0.3, 0.4) is 0 Å². The lowest BCUT2D eigenvalue weighted by atomic mass is 10.0. The van der Waals surface area contributed by atoms with Gasteiger partial charge in [0.15, 0.2) is 0 Å². The van der Waals surface area contributed by atoms with Gasteiger partial charge in [0.05, 0.1) is 11.5 Å². The second-order valence-electron chi connectivity index (χ2n) is 4.98. The molecule has 0 aromatic heterocycles. The largest absolute Gasteiger partial charge is 0.307 e. The highest BCUT2D eigenvalue weighted by Gasteiger charge is 2.25. The van der Waals surface area contributed by atoms with Gasteiger partial charge in [-0.2, -0.15) is 0 Å². The van der Waals surface area contributed by atoms with Crippen LogP contribution in [0.4, 0.5) is 8.78 Å². The van der Waals surface area contributed by atoms with Crippen LogP contribution < -0.4 is 5.32 Å². The molecule has 1 aliphatic heterocycles. The Kier molecular flexibility index (Phi) is 4.20. The molecule has 1 saturated heterocycles. The fourth-order valence-electron chi connectivity index (χ4n) is 2.35. The topological polar surface area (TPSA) is 46.2 Å². The first-order valence-corrected chi connectivity index (χ1v) is 8.11. The van der Waals surface area contributed by atoms with Crippen molar-refractivity contribution in [1.29, 1.82) is 0 Å². The molecule has 1 heterocycles. The molecule has 0 spiro atoms. The number of rotatable bonds is 3. The number of nitrogens with one attached hydrogen (secondary N) is 1. The summed E-state index contributed by atoms with van der Waals surface area (Å²) < 4.78 is 49.3. The summed E-state index contributed by atoms with van der Waals surface area (Å²) in [5, 5.41) is 3.17. The van der Waals surface area contributed by atoms with Crippen molar-refractivity contribution in [2.24, 2.45) is 0 Å². The van der Waals surface area contributed by atoms with Gasteiger partial charge in [-0.1, -0.05) is 0 Å². The lowest BCUT2D eigenvalue weighted by Gasteiger charge is -2.27. The Labute approximate surface area is 111 Å². The second-order valence-corrected chi connectivity index (χ2v) is 7.28. The lowest BCUT2D eigenvalue weighted by Crippen LogP contribution is -2.39. The number of halogens is 2. The van der Waals surface area contributed by atoms with E-state index in [1.54, 1.807) is 6.92 Å². The van der Waals surface area contributed by atoms with Crippen molar-refractivity contribution in [3.8, 4) is 0 Å². The predicted molar refractivity (Wildman–Crippen MR) is 69.6 cm³/mol. The monoisotopic (exact) mass is 289 g/mol. The summed E-state index contributed by atoms with van der Waals surface area (Å²) in [5.41, 5.74) is 0.272. The molecule has 1 fully saturated rings. The van der Waals surface area contributed by atoms with E-state index >= 15 is 0 Å². The molecule has 0 radical (unpaired) electrons. The summed E-state index contributed by atoms with van der Waals surface area (Å²) in [6.07, 6.45) is 1.03. The van der Waals surface area contributed by atoms with Crippen LogP contribution in [0, 0.1) is 11.6 Å². The number of hydrogen-bond donors (Lipinski definition) is 1. The van der Waals surface area contributed by atoms with Crippen molar-refractivity contribution >= 4 is 9.84 Å². The molecular weight excluding hydrogens is 272 g/mol. The molecule has 1 unspecified atom stereocenters. The van der Waals surface area contributed by atoms with Crippen molar-refractivity contribution in [3.05, 3.63) is 35.4 Å². The van der Waals surface area contributed by atoms with Crippen LogP contribution in [0.2, 0.25) is 0 Å². The van der Waals surface area contributed by atoms with Gasteiger partial charge in [-0.05, 0) is 38.0 Å². The first-order chi connectivity index (χ1) is 8.87. The van der Waals surface area contributed by atoms with Crippen molar-refractivity contribution in [1.82, 2.24) is 5.32 Å². The standard InChI is InChI=1S/C13H17F2NO2S/c1-9(12-8-10(14)2-3-13(12)15)16-11-4-6-19(17,18)7-5-11/h2-3,8-9,11,16H,4-7H2,1H3. The van der Waals surface area contributed by atoms with Gasteiger partial charge in [0.1, 0.15) is 21.5 Å². The average Bonchev–Trinajstić information content (AvgIpc) is 2.35. The Morgan fingerprint density at radius 3 is 2.53 bits per heavy atom. The van der Waals surface area contributed by atoms with E-state index in [1.165, 1.54) is 6.07 Å². The van der Waals surface area contributed by atoms with Crippen LogP contribution in [-0.4, -0.2) is 26.0 Å². The third kappa shape index (κ3) is 3.73. The first-order valence-electron chi connectivity index (χ1n) is 6.29. The minimum atomic E-state index is -2.91. The number of sulfone groups is 1. The maximum atomic E-state index is 13.6. The minimum absolute atomic E-state index is 0.0289. The van der Waals surface area contributed by atoms with E-state index < -0.39 is 21.5 Å². The number of hydrogen-bond acceptors (Lipinski definition) is 3. The van der Waals surface area contributed by atoms with Gasteiger partial charge < -0.3 is 5.32 Å². The summed E-state index contributed by atoms with van der Waals surface area (Å²) in [5.74, 6) is -0.618. The zero-order valence-electron chi connectivity index (χ0n) is 10.7. The normalized spacial score (nSPS) is 21.2. The van der Waals surface area contributed by atoms with Gasteiger partial charge in [-0.25, -0.2) is 17.2 Å². The maximum Gasteiger partial charge on any atom is 0.150 e. The van der Waals surface area contributed by atoms with Crippen molar-refractivity contribution in [3.63, 3.8) is 0 Å². The zero-order valence-corrected chi connectivity index (χ0v) is 11.5. The predicted octanol–water partition coefficient (Wildman–Crippen LogP) is 2.19. The molecule has 0 aliphatic carbocycles. The fraction of sp³-hybridized carbons (Fsp3) is 0.538. The lowest BCUT2D eigenvalue weighted by molar-refractivity contribution is 0.410. The van der Waals surface area contributed by atoms with Gasteiger partial charge >= 0.3 is 0 Å².